The summed E-state index contributed by atoms with van der Waals surface area (Å²) in [6.45, 7) is 4.28. The summed E-state index contributed by atoms with van der Waals surface area (Å²) in [5.41, 5.74) is 11.3. The summed E-state index contributed by atoms with van der Waals surface area (Å²) in [7, 11) is 0. The number of benzene rings is 2. The van der Waals surface area contributed by atoms with Gasteiger partial charge in [0.05, 0.1) is 5.41 Å². The van der Waals surface area contributed by atoms with Crippen molar-refractivity contribution in [2.24, 2.45) is 11.8 Å². The van der Waals surface area contributed by atoms with Crippen molar-refractivity contribution in [1.29, 1.82) is 0 Å². The molecule has 0 heterocycles. The lowest BCUT2D eigenvalue weighted by atomic mass is 9.69. The number of fused-ring (bicyclic) bond motifs is 8. The predicted molar refractivity (Wildman–Crippen MR) is 118 cm³/mol. The van der Waals surface area contributed by atoms with Crippen LogP contribution in [0.2, 0.25) is 0 Å². The van der Waals surface area contributed by atoms with Crippen LogP contribution in [-0.4, -0.2) is 0 Å². The molecule has 2 aromatic rings. The number of allylic oxidation sites excluding steroid dienone is 10. The minimum atomic E-state index is -0.173. The van der Waals surface area contributed by atoms with Gasteiger partial charge in [-0.05, 0) is 76.7 Å². The van der Waals surface area contributed by atoms with Crippen molar-refractivity contribution >= 4 is 11.1 Å². The fraction of sp³-hybridized carbons (Fsp3) is 0.214. The van der Waals surface area contributed by atoms with Crippen LogP contribution in [0.1, 0.15) is 42.5 Å². The zero-order valence-electron chi connectivity index (χ0n) is 16.4. The van der Waals surface area contributed by atoms with Crippen LogP contribution in [0.3, 0.4) is 0 Å². The van der Waals surface area contributed by atoms with E-state index in [0.29, 0.717) is 0 Å². The van der Waals surface area contributed by atoms with E-state index < -0.39 is 0 Å². The third-order valence-electron chi connectivity index (χ3n) is 7.03. The Morgan fingerprint density at radius 1 is 0.857 bits per heavy atom. The van der Waals surface area contributed by atoms with Crippen LogP contribution >= 0.6 is 0 Å². The van der Waals surface area contributed by atoms with Crippen LogP contribution < -0.4 is 0 Å². The molecule has 136 valence electrons. The first kappa shape index (κ1) is 16.1. The van der Waals surface area contributed by atoms with Gasteiger partial charge in [0.15, 0.2) is 0 Å². The maximum atomic E-state index is 2.61. The van der Waals surface area contributed by atoms with E-state index in [4.69, 9.17) is 0 Å². The third-order valence-corrected chi connectivity index (χ3v) is 7.03. The van der Waals surface area contributed by atoms with Gasteiger partial charge in [0.2, 0.25) is 0 Å². The molecule has 0 N–H and O–H groups in total. The molecule has 4 aliphatic carbocycles. The van der Waals surface area contributed by atoms with Crippen molar-refractivity contribution in [3.63, 3.8) is 0 Å². The first-order chi connectivity index (χ1) is 13.8. The Morgan fingerprint density at radius 2 is 1.54 bits per heavy atom. The second-order valence-electron chi connectivity index (χ2n) is 8.37. The molecule has 3 unspecified atom stereocenters. The van der Waals surface area contributed by atoms with Crippen LogP contribution in [0.4, 0.5) is 0 Å². The molecule has 1 saturated carbocycles. The lowest BCUT2D eigenvalue weighted by molar-refractivity contribution is 0.778. The summed E-state index contributed by atoms with van der Waals surface area (Å²) >= 11 is 0. The lowest BCUT2D eigenvalue weighted by Crippen LogP contribution is -2.26. The van der Waals surface area contributed by atoms with E-state index in [1.807, 2.05) is 0 Å². The third kappa shape index (κ3) is 1.81. The van der Waals surface area contributed by atoms with Gasteiger partial charge in [-0.2, -0.15) is 0 Å². The Balaban J connectivity index is 1.79. The van der Waals surface area contributed by atoms with Gasteiger partial charge in [0.25, 0.3) is 0 Å². The average Bonchev–Trinajstić information content (AvgIpc) is 3.38. The van der Waals surface area contributed by atoms with Crippen LogP contribution in [-0.2, 0) is 5.41 Å². The van der Waals surface area contributed by atoms with Crippen molar-refractivity contribution < 1.29 is 0 Å². The summed E-state index contributed by atoms with van der Waals surface area (Å²) < 4.78 is 0. The second-order valence-corrected chi connectivity index (χ2v) is 8.37. The van der Waals surface area contributed by atoms with E-state index in [-0.39, 0.29) is 5.41 Å². The van der Waals surface area contributed by atoms with Gasteiger partial charge >= 0.3 is 0 Å². The monoisotopic (exact) mass is 360 g/mol. The van der Waals surface area contributed by atoms with E-state index in [1.54, 1.807) is 0 Å². The van der Waals surface area contributed by atoms with Crippen molar-refractivity contribution in [2.75, 3.05) is 0 Å². The van der Waals surface area contributed by atoms with Crippen molar-refractivity contribution in [3.8, 4) is 0 Å². The highest BCUT2D eigenvalue weighted by Gasteiger charge is 2.56. The molecular formula is C28H24. The molecule has 1 fully saturated rings. The second kappa shape index (κ2) is 5.58. The quantitative estimate of drug-likeness (QED) is 0.521. The summed E-state index contributed by atoms with van der Waals surface area (Å²) in [5, 5.41) is 0. The Labute approximate surface area is 167 Å². The zero-order valence-corrected chi connectivity index (χ0v) is 16.4. The molecule has 0 saturated heterocycles. The van der Waals surface area contributed by atoms with Gasteiger partial charge in [0, 0.05) is 0 Å². The average molecular weight is 361 g/mol. The van der Waals surface area contributed by atoms with Crippen LogP contribution in [0.5, 0.6) is 0 Å². The van der Waals surface area contributed by atoms with Crippen LogP contribution in [0.15, 0.2) is 96.1 Å². The summed E-state index contributed by atoms with van der Waals surface area (Å²) in [6.07, 6.45) is 15.5. The minimum absolute atomic E-state index is 0.173. The highest BCUT2D eigenvalue weighted by Crippen LogP contribution is 2.67. The maximum absolute atomic E-state index is 2.61. The fourth-order valence-corrected chi connectivity index (χ4v) is 5.81. The molecule has 0 heteroatoms. The Kier molecular flexibility index (Phi) is 3.21. The summed E-state index contributed by atoms with van der Waals surface area (Å²) in [5.74, 6) is 1.48. The van der Waals surface area contributed by atoms with Crippen LogP contribution in [0.25, 0.3) is 11.1 Å². The van der Waals surface area contributed by atoms with Gasteiger partial charge in [-0.3, -0.25) is 0 Å². The van der Waals surface area contributed by atoms with Gasteiger partial charge in [-0.1, -0.05) is 85.0 Å². The molecule has 1 spiro atoms. The SMILES string of the molecule is C\C=C/C=C1\C(=C/C)c2ccccc2C12C1=CC3CC3C=C1c1ccccc12. The molecule has 0 aliphatic heterocycles. The number of hydrogen-bond donors (Lipinski definition) is 0. The van der Waals surface area contributed by atoms with Crippen molar-refractivity contribution in [3.05, 3.63) is 118 Å². The molecule has 2 aromatic carbocycles. The Hall–Kier alpha value is -2.86. The van der Waals surface area contributed by atoms with E-state index in [2.05, 4.69) is 98.8 Å². The minimum Gasteiger partial charge on any atom is -0.0876 e. The molecule has 3 atom stereocenters. The normalized spacial score (nSPS) is 31.6. The molecule has 28 heavy (non-hydrogen) atoms. The highest BCUT2D eigenvalue weighted by atomic mass is 14.6. The zero-order chi connectivity index (χ0) is 18.9. The van der Waals surface area contributed by atoms with E-state index in [0.717, 1.165) is 11.8 Å². The summed E-state index contributed by atoms with van der Waals surface area (Å²) in [6, 6.07) is 18.1. The lowest BCUT2D eigenvalue weighted by Gasteiger charge is -2.32. The number of rotatable bonds is 1. The topological polar surface area (TPSA) is 0 Å². The first-order valence-corrected chi connectivity index (χ1v) is 10.4. The summed E-state index contributed by atoms with van der Waals surface area (Å²) in [4.78, 5) is 0. The maximum Gasteiger partial charge on any atom is 0.0722 e. The largest absolute Gasteiger partial charge is 0.0876 e. The smallest absolute Gasteiger partial charge is 0.0722 e. The first-order valence-electron chi connectivity index (χ1n) is 10.4. The molecule has 6 rings (SSSR count). The predicted octanol–water partition coefficient (Wildman–Crippen LogP) is 6.87. The molecule has 0 nitrogen and oxygen atoms in total. The number of hydrogen-bond acceptors (Lipinski definition) is 0. The van der Waals surface area contributed by atoms with Gasteiger partial charge in [-0.25, -0.2) is 0 Å². The molecule has 0 amide bonds. The Morgan fingerprint density at radius 3 is 2.29 bits per heavy atom. The Bertz CT molecular complexity index is 1160. The van der Waals surface area contributed by atoms with E-state index in [1.165, 1.54) is 51.0 Å². The molecule has 0 radical (unpaired) electrons. The highest BCUT2D eigenvalue weighted by molar-refractivity contribution is 6.04. The molecule has 4 aliphatic rings. The van der Waals surface area contributed by atoms with Crippen LogP contribution in [0, 0.1) is 11.8 Å². The fourth-order valence-electron chi connectivity index (χ4n) is 5.81. The van der Waals surface area contributed by atoms with Gasteiger partial charge in [0.1, 0.15) is 0 Å². The van der Waals surface area contributed by atoms with E-state index in [9.17, 15) is 0 Å². The molecule has 0 bridgehead atoms. The van der Waals surface area contributed by atoms with Crippen molar-refractivity contribution in [1.82, 2.24) is 0 Å². The van der Waals surface area contributed by atoms with Crippen molar-refractivity contribution in [2.45, 2.75) is 25.7 Å². The molecular weight excluding hydrogens is 336 g/mol. The van der Waals surface area contributed by atoms with Gasteiger partial charge in [-0.15, -0.1) is 0 Å². The molecule has 0 aromatic heterocycles. The standard InChI is InChI=1S/C28H24/c1-3-5-12-24-20(4-2)21-10-6-8-13-25(21)28(24)26-14-9-7-11-22(26)23-16-18-15-19(18)17-27(23)28/h3-14,16-19H,15H2,1-2H3/b5-3-,20-4-,24-12+. The van der Waals surface area contributed by atoms with E-state index >= 15 is 0 Å². The van der Waals surface area contributed by atoms with Gasteiger partial charge < -0.3 is 0 Å².